The maximum Gasteiger partial charge on any atom is 0.0646 e. The van der Waals surface area contributed by atoms with Crippen LogP contribution in [0.4, 0.5) is 0 Å². The molecule has 1 aliphatic rings. The molecule has 1 saturated heterocycles. The van der Waals surface area contributed by atoms with Crippen molar-refractivity contribution < 1.29 is 4.74 Å². The monoisotopic (exact) mass is 219 g/mol. The van der Waals surface area contributed by atoms with Crippen LogP contribution in [0.2, 0.25) is 0 Å². The van der Waals surface area contributed by atoms with Gasteiger partial charge in [-0.05, 0) is 32.3 Å². The standard InChI is InChI=1S/C14H21NO/c1-12-3-5-13(6-4-12)7-8-14(2)11-16-10-9-15-14/h3-6,15H,7-11H2,1-2H3. The van der Waals surface area contributed by atoms with Gasteiger partial charge in [-0.3, -0.25) is 0 Å². The molecule has 1 aromatic carbocycles. The topological polar surface area (TPSA) is 21.3 Å². The van der Waals surface area contributed by atoms with Crippen LogP contribution in [0.15, 0.2) is 24.3 Å². The second-order valence-electron chi connectivity index (χ2n) is 5.03. The Bertz CT molecular complexity index is 325. The van der Waals surface area contributed by atoms with Gasteiger partial charge in [0.25, 0.3) is 0 Å². The van der Waals surface area contributed by atoms with Crippen LogP contribution in [0.5, 0.6) is 0 Å². The van der Waals surface area contributed by atoms with E-state index in [-0.39, 0.29) is 5.54 Å². The average molecular weight is 219 g/mol. The van der Waals surface area contributed by atoms with Gasteiger partial charge < -0.3 is 10.1 Å². The maximum atomic E-state index is 5.53. The molecule has 2 rings (SSSR count). The number of nitrogens with one attached hydrogen (secondary N) is 1. The molecule has 1 unspecified atom stereocenters. The van der Waals surface area contributed by atoms with Crippen molar-refractivity contribution in [2.45, 2.75) is 32.2 Å². The predicted molar refractivity (Wildman–Crippen MR) is 66.7 cm³/mol. The van der Waals surface area contributed by atoms with Gasteiger partial charge in [0.1, 0.15) is 0 Å². The van der Waals surface area contributed by atoms with Gasteiger partial charge in [-0.1, -0.05) is 29.8 Å². The van der Waals surface area contributed by atoms with E-state index in [1.165, 1.54) is 11.1 Å². The summed E-state index contributed by atoms with van der Waals surface area (Å²) < 4.78 is 5.53. The number of rotatable bonds is 3. The van der Waals surface area contributed by atoms with Gasteiger partial charge in [-0.2, -0.15) is 0 Å². The number of hydrogen-bond donors (Lipinski definition) is 1. The van der Waals surface area contributed by atoms with Gasteiger partial charge in [0.05, 0.1) is 13.2 Å². The molecule has 1 atom stereocenters. The molecule has 0 aliphatic carbocycles. The van der Waals surface area contributed by atoms with Crippen molar-refractivity contribution >= 4 is 0 Å². The fourth-order valence-electron chi connectivity index (χ4n) is 2.11. The summed E-state index contributed by atoms with van der Waals surface area (Å²) >= 11 is 0. The molecular weight excluding hydrogens is 198 g/mol. The van der Waals surface area contributed by atoms with Crippen LogP contribution < -0.4 is 5.32 Å². The average Bonchev–Trinajstić information content (AvgIpc) is 2.29. The van der Waals surface area contributed by atoms with Gasteiger partial charge in [-0.25, -0.2) is 0 Å². The van der Waals surface area contributed by atoms with Crippen molar-refractivity contribution in [3.05, 3.63) is 35.4 Å². The third-order valence-corrected chi connectivity index (χ3v) is 3.30. The van der Waals surface area contributed by atoms with E-state index in [2.05, 4.69) is 43.4 Å². The highest BCUT2D eigenvalue weighted by Crippen LogP contribution is 2.17. The zero-order valence-electron chi connectivity index (χ0n) is 10.3. The first-order chi connectivity index (χ1) is 7.68. The summed E-state index contributed by atoms with van der Waals surface area (Å²) in [6, 6.07) is 8.82. The largest absolute Gasteiger partial charge is 0.378 e. The highest BCUT2D eigenvalue weighted by atomic mass is 16.5. The smallest absolute Gasteiger partial charge is 0.0646 e. The number of ether oxygens (including phenoxy) is 1. The predicted octanol–water partition coefficient (Wildman–Crippen LogP) is 2.31. The molecule has 0 radical (unpaired) electrons. The molecule has 0 bridgehead atoms. The number of aryl methyl sites for hydroxylation is 2. The van der Waals surface area contributed by atoms with E-state index < -0.39 is 0 Å². The molecule has 1 heterocycles. The molecule has 0 amide bonds. The Morgan fingerprint density at radius 2 is 2.06 bits per heavy atom. The molecule has 1 fully saturated rings. The van der Waals surface area contributed by atoms with Crippen LogP contribution in [0.25, 0.3) is 0 Å². The van der Waals surface area contributed by atoms with Crippen LogP contribution in [-0.2, 0) is 11.2 Å². The lowest BCUT2D eigenvalue weighted by Gasteiger charge is -2.34. The summed E-state index contributed by atoms with van der Waals surface area (Å²) in [7, 11) is 0. The van der Waals surface area contributed by atoms with E-state index in [1.54, 1.807) is 0 Å². The second kappa shape index (κ2) is 4.98. The summed E-state index contributed by atoms with van der Waals surface area (Å²) in [4.78, 5) is 0. The molecule has 1 aromatic rings. The Kier molecular flexibility index (Phi) is 3.62. The van der Waals surface area contributed by atoms with Gasteiger partial charge in [0.2, 0.25) is 0 Å². The summed E-state index contributed by atoms with van der Waals surface area (Å²) in [6.45, 7) is 7.03. The van der Waals surface area contributed by atoms with E-state index in [0.29, 0.717) is 0 Å². The Morgan fingerprint density at radius 3 is 2.69 bits per heavy atom. The minimum atomic E-state index is 0.156. The number of benzene rings is 1. The van der Waals surface area contributed by atoms with Crippen LogP contribution in [0, 0.1) is 6.92 Å². The van der Waals surface area contributed by atoms with Gasteiger partial charge >= 0.3 is 0 Å². The lowest BCUT2D eigenvalue weighted by molar-refractivity contribution is 0.0318. The van der Waals surface area contributed by atoms with Crippen molar-refractivity contribution in [3.8, 4) is 0 Å². The van der Waals surface area contributed by atoms with E-state index in [9.17, 15) is 0 Å². The Hall–Kier alpha value is -0.860. The normalized spacial score (nSPS) is 25.6. The molecule has 2 heteroatoms. The second-order valence-corrected chi connectivity index (χ2v) is 5.03. The zero-order valence-corrected chi connectivity index (χ0v) is 10.3. The first-order valence-corrected chi connectivity index (χ1v) is 6.06. The molecule has 0 spiro atoms. The molecule has 0 aromatic heterocycles. The first-order valence-electron chi connectivity index (χ1n) is 6.06. The van der Waals surface area contributed by atoms with Gasteiger partial charge in [0.15, 0.2) is 0 Å². The van der Waals surface area contributed by atoms with Crippen molar-refractivity contribution in [2.75, 3.05) is 19.8 Å². The van der Waals surface area contributed by atoms with Crippen LogP contribution in [0.1, 0.15) is 24.5 Å². The first kappa shape index (κ1) is 11.6. The molecule has 0 saturated carbocycles. The summed E-state index contributed by atoms with van der Waals surface area (Å²) in [5, 5.41) is 3.55. The molecule has 2 nitrogen and oxygen atoms in total. The molecular formula is C14H21NO. The van der Waals surface area contributed by atoms with E-state index in [1.807, 2.05) is 0 Å². The van der Waals surface area contributed by atoms with E-state index in [0.717, 1.165) is 32.6 Å². The van der Waals surface area contributed by atoms with Gasteiger partial charge in [0, 0.05) is 12.1 Å². The van der Waals surface area contributed by atoms with E-state index >= 15 is 0 Å². The number of hydrogen-bond acceptors (Lipinski definition) is 2. The Labute approximate surface area is 98.0 Å². The van der Waals surface area contributed by atoms with Gasteiger partial charge in [-0.15, -0.1) is 0 Å². The molecule has 1 N–H and O–H groups in total. The third kappa shape index (κ3) is 3.06. The lowest BCUT2D eigenvalue weighted by atomic mass is 9.93. The minimum Gasteiger partial charge on any atom is -0.378 e. The quantitative estimate of drug-likeness (QED) is 0.842. The van der Waals surface area contributed by atoms with Crippen molar-refractivity contribution in [3.63, 3.8) is 0 Å². The Morgan fingerprint density at radius 1 is 1.31 bits per heavy atom. The van der Waals surface area contributed by atoms with Crippen molar-refractivity contribution in [2.24, 2.45) is 0 Å². The molecule has 1 aliphatic heterocycles. The number of morpholine rings is 1. The summed E-state index contributed by atoms with van der Waals surface area (Å²) in [5.41, 5.74) is 2.90. The maximum absolute atomic E-state index is 5.53. The van der Waals surface area contributed by atoms with E-state index in [4.69, 9.17) is 4.74 Å². The SMILES string of the molecule is Cc1ccc(CCC2(C)COCCN2)cc1. The third-order valence-electron chi connectivity index (χ3n) is 3.30. The zero-order chi connectivity index (χ0) is 11.4. The minimum absolute atomic E-state index is 0.156. The summed E-state index contributed by atoms with van der Waals surface area (Å²) in [6.07, 6.45) is 2.25. The van der Waals surface area contributed by atoms with Crippen molar-refractivity contribution in [1.82, 2.24) is 5.32 Å². The highest BCUT2D eigenvalue weighted by molar-refractivity contribution is 5.21. The molecule has 88 valence electrons. The fourth-order valence-corrected chi connectivity index (χ4v) is 2.11. The summed E-state index contributed by atoms with van der Waals surface area (Å²) in [5.74, 6) is 0. The van der Waals surface area contributed by atoms with Crippen molar-refractivity contribution in [1.29, 1.82) is 0 Å². The Balaban J connectivity index is 1.88. The fraction of sp³-hybridized carbons (Fsp3) is 0.571. The molecule has 16 heavy (non-hydrogen) atoms. The van der Waals surface area contributed by atoms with Crippen LogP contribution >= 0.6 is 0 Å². The van der Waals surface area contributed by atoms with Crippen LogP contribution in [-0.4, -0.2) is 25.3 Å². The van der Waals surface area contributed by atoms with Crippen LogP contribution in [0.3, 0.4) is 0 Å². The lowest BCUT2D eigenvalue weighted by Crippen LogP contribution is -2.52. The highest BCUT2D eigenvalue weighted by Gasteiger charge is 2.26.